The SMILES string of the molecule is NCCc1nccn1-c1ccnc(C(N)=O)c1. The van der Waals surface area contributed by atoms with E-state index in [4.69, 9.17) is 11.5 Å². The molecule has 6 heteroatoms. The lowest BCUT2D eigenvalue weighted by atomic mass is 10.3. The van der Waals surface area contributed by atoms with Gasteiger partial charge in [0, 0.05) is 25.0 Å². The van der Waals surface area contributed by atoms with Crippen molar-refractivity contribution in [2.75, 3.05) is 6.54 Å². The van der Waals surface area contributed by atoms with Crippen LogP contribution in [0.25, 0.3) is 5.69 Å². The first kappa shape index (κ1) is 11.3. The number of primary amides is 1. The number of hydrogen-bond donors (Lipinski definition) is 2. The first-order valence-corrected chi connectivity index (χ1v) is 5.21. The molecule has 0 atom stereocenters. The van der Waals surface area contributed by atoms with Crippen LogP contribution in [0.1, 0.15) is 16.3 Å². The Kier molecular flexibility index (Phi) is 3.15. The summed E-state index contributed by atoms with van der Waals surface area (Å²) in [6, 6.07) is 3.41. The Bertz CT molecular complexity index is 534. The van der Waals surface area contributed by atoms with Crippen molar-refractivity contribution in [2.45, 2.75) is 6.42 Å². The zero-order chi connectivity index (χ0) is 12.3. The third-order valence-corrected chi connectivity index (χ3v) is 2.36. The predicted molar refractivity (Wildman–Crippen MR) is 62.6 cm³/mol. The van der Waals surface area contributed by atoms with Gasteiger partial charge < -0.3 is 16.0 Å². The van der Waals surface area contributed by atoms with Crippen LogP contribution in [0.3, 0.4) is 0 Å². The Hall–Kier alpha value is -2.21. The molecule has 2 rings (SSSR count). The van der Waals surface area contributed by atoms with Gasteiger partial charge in [-0.1, -0.05) is 0 Å². The second-order valence-electron chi connectivity index (χ2n) is 3.52. The molecule has 0 aliphatic heterocycles. The van der Waals surface area contributed by atoms with Crippen molar-refractivity contribution in [2.24, 2.45) is 11.5 Å². The third-order valence-electron chi connectivity index (χ3n) is 2.36. The molecule has 1 amide bonds. The first-order valence-electron chi connectivity index (χ1n) is 5.21. The van der Waals surface area contributed by atoms with Crippen molar-refractivity contribution in [3.05, 3.63) is 42.2 Å². The number of carbonyl (C=O) groups excluding carboxylic acids is 1. The molecule has 0 saturated heterocycles. The maximum atomic E-state index is 11.0. The fourth-order valence-corrected chi connectivity index (χ4v) is 1.59. The Morgan fingerprint density at radius 3 is 2.88 bits per heavy atom. The molecule has 88 valence electrons. The van der Waals surface area contributed by atoms with Gasteiger partial charge in [0.1, 0.15) is 11.5 Å². The molecule has 2 aromatic rings. The van der Waals surface area contributed by atoms with Crippen LogP contribution >= 0.6 is 0 Å². The quantitative estimate of drug-likeness (QED) is 0.765. The van der Waals surface area contributed by atoms with Gasteiger partial charge in [0.05, 0.1) is 5.69 Å². The maximum absolute atomic E-state index is 11.0. The first-order chi connectivity index (χ1) is 8.22. The van der Waals surface area contributed by atoms with Gasteiger partial charge in [0.25, 0.3) is 5.91 Å². The second-order valence-corrected chi connectivity index (χ2v) is 3.52. The summed E-state index contributed by atoms with van der Waals surface area (Å²) in [5.41, 5.74) is 11.7. The average Bonchev–Trinajstić information content (AvgIpc) is 2.78. The summed E-state index contributed by atoms with van der Waals surface area (Å²) in [7, 11) is 0. The van der Waals surface area contributed by atoms with E-state index in [9.17, 15) is 4.79 Å². The molecule has 0 fully saturated rings. The molecular formula is C11H13N5O. The summed E-state index contributed by atoms with van der Waals surface area (Å²) in [6.07, 6.45) is 5.71. The summed E-state index contributed by atoms with van der Waals surface area (Å²) in [4.78, 5) is 19.1. The lowest BCUT2D eigenvalue weighted by Crippen LogP contribution is -2.14. The molecule has 17 heavy (non-hydrogen) atoms. The Morgan fingerprint density at radius 1 is 1.35 bits per heavy atom. The minimum atomic E-state index is -0.549. The average molecular weight is 231 g/mol. The highest BCUT2D eigenvalue weighted by atomic mass is 16.1. The smallest absolute Gasteiger partial charge is 0.267 e. The van der Waals surface area contributed by atoms with Crippen LogP contribution in [0.4, 0.5) is 0 Å². The number of aromatic nitrogens is 3. The Balaban J connectivity index is 2.42. The maximum Gasteiger partial charge on any atom is 0.267 e. The van der Waals surface area contributed by atoms with Gasteiger partial charge in [0.2, 0.25) is 0 Å². The Morgan fingerprint density at radius 2 is 2.18 bits per heavy atom. The van der Waals surface area contributed by atoms with Crippen molar-refractivity contribution in [3.8, 4) is 5.69 Å². The molecule has 0 aliphatic carbocycles. The second kappa shape index (κ2) is 4.75. The minimum Gasteiger partial charge on any atom is -0.364 e. The van der Waals surface area contributed by atoms with E-state index in [1.54, 1.807) is 24.5 Å². The Labute approximate surface area is 98.3 Å². The van der Waals surface area contributed by atoms with E-state index >= 15 is 0 Å². The topological polar surface area (TPSA) is 99.8 Å². The lowest BCUT2D eigenvalue weighted by molar-refractivity contribution is 0.0995. The number of hydrogen-bond acceptors (Lipinski definition) is 4. The molecule has 0 radical (unpaired) electrons. The zero-order valence-corrected chi connectivity index (χ0v) is 9.21. The summed E-state index contributed by atoms with van der Waals surface area (Å²) in [5.74, 6) is 0.293. The fraction of sp³-hybridized carbons (Fsp3) is 0.182. The van der Waals surface area contributed by atoms with Gasteiger partial charge >= 0.3 is 0 Å². The monoisotopic (exact) mass is 231 g/mol. The number of rotatable bonds is 4. The number of carbonyl (C=O) groups is 1. The van der Waals surface area contributed by atoms with E-state index in [0.29, 0.717) is 13.0 Å². The molecule has 0 bridgehead atoms. The number of nitrogens with zero attached hydrogens (tertiary/aromatic N) is 3. The van der Waals surface area contributed by atoms with Gasteiger partial charge in [-0.2, -0.15) is 0 Å². The van der Waals surface area contributed by atoms with Crippen molar-refractivity contribution >= 4 is 5.91 Å². The highest BCUT2D eigenvalue weighted by molar-refractivity contribution is 5.91. The molecule has 6 nitrogen and oxygen atoms in total. The molecular weight excluding hydrogens is 218 g/mol. The van der Waals surface area contributed by atoms with Gasteiger partial charge in [-0.3, -0.25) is 9.78 Å². The molecule has 0 saturated carbocycles. The molecule has 2 heterocycles. The largest absolute Gasteiger partial charge is 0.364 e. The molecule has 0 spiro atoms. The predicted octanol–water partition coefficient (Wildman–Crippen LogP) is -0.133. The molecule has 0 aromatic carbocycles. The molecule has 0 aliphatic rings. The van der Waals surface area contributed by atoms with Crippen molar-refractivity contribution in [3.63, 3.8) is 0 Å². The van der Waals surface area contributed by atoms with E-state index < -0.39 is 5.91 Å². The van der Waals surface area contributed by atoms with Gasteiger partial charge in [-0.25, -0.2) is 4.98 Å². The van der Waals surface area contributed by atoms with Crippen LogP contribution < -0.4 is 11.5 Å². The van der Waals surface area contributed by atoms with Crippen molar-refractivity contribution < 1.29 is 4.79 Å². The van der Waals surface area contributed by atoms with Crippen molar-refractivity contribution in [1.29, 1.82) is 0 Å². The van der Waals surface area contributed by atoms with Crippen LogP contribution in [0.2, 0.25) is 0 Å². The summed E-state index contributed by atoms with van der Waals surface area (Å²) >= 11 is 0. The number of amides is 1. The lowest BCUT2D eigenvalue weighted by Gasteiger charge is -2.07. The van der Waals surface area contributed by atoms with Crippen molar-refractivity contribution in [1.82, 2.24) is 14.5 Å². The normalized spacial score (nSPS) is 10.4. The van der Waals surface area contributed by atoms with E-state index in [1.165, 1.54) is 0 Å². The number of nitrogens with two attached hydrogens (primary N) is 2. The van der Waals surface area contributed by atoms with Crippen LogP contribution in [-0.4, -0.2) is 27.0 Å². The molecule has 2 aromatic heterocycles. The highest BCUT2D eigenvalue weighted by Crippen LogP contribution is 2.11. The van der Waals surface area contributed by atoms with Gasteiger partial charge in [-0.05, 0) is 18.7 Å². The van der Waals surface area contributed by atoms with E-state index in [2.05, 4.69) is 9.97 Å². The van der Waals surface area contributed by atoms with Crippen LogP contribution in [-0.2, 0) is 6.42 Å². The zero-order valence-electron chi connectivity index (χ0n) is 9.21. The third kappa shape index (κ3) is 2.31. The van der Waals surface area contributed by atoms with Gasteiger partial charge in [0.15, 0.2) is 0 Å². The van der Waals surface area contributed by atoms with E-state index in [0.717, 1.165) is 11.5 Å². The standard InChI is InChI=1S/C11H13N5O/c12-3-1-10-15-5-6-16(10)8-2-4-14-9(7-8)11(13)17/h2,4-7H,1,3,12H2,(H2,13,17). The summed E-state index contributed by atoms with van der Waals surface area (Å²) < 4.78 is 1.86. The number of pyridine rings is 1. The highest BCUT2D eigenvalue weighted by Gasteiger charge is 2.07. The van der Waals surface area contributed by atoms with E-state index in [-0.39, 0.29) is 5.69 Å². The fourth-order valence-electron chi connectivity index (χ4n) is 1.59. The van der Waals surface area contributed by atoms with Crippen LogP contribution in [0.5, 0.6) is 0 Å². The van der Waals surface area contributed by atoms with Gasteiger partial charge in [-0.15, -0.1) is 0 Å². The number of imidazole rings is 1. The molecule has 0 unspecified atom stereocenters. The van der Waals surface area contributed by atoms with Crippen LogP contribution in [0.15, 0.2) is 30.7 Å². The van der Waals surface area contributed by atoms with E-state index in [1.807, 2.05) is 10.8 Å². The minimum absolute atomic E-state index is 0.231. The summed E-state index contributed by atoms with van der Waals surface area (Å²) in [6.45, 7) is 0.519. The summed E-state index contributed by atoms with van der Waals surface area (Å²) in [5, 5.41) is 0. The molecule has 4 N–H and O–H groups in total. The van der Waals surface area contributed by atoms with Crippen LogP contribution in [0, 0.1) is 0 Å².